The minimum Gasteiger partial charge on any atom is -0.489 e. The van der Waals surface area contributed by atoms with Gasteiger partial charge in [-0.3, -0.25) is 9.36 Å². The molecule has 0 amide bonds. The van der Waals surface area contributed by atoms with E-state index in [9.17, 15) is 0 Å². The number of nitrogens with zero attached hydrogens (tertiary/aromatic N) is 4. The third-order valence-corrected chi connectivity index (χ3v) is 12.3. The van der Waals surface area contributed by atoms with Crippen LogP contribution in [0.3, 0.4) is 0 Å². The lowest BCUT2D eigenvalue weighted by Crippen LogP contribution is -2.14. The van der Waals surface area contributed by atoms with E-state index in [0.717, 1.165) is 44.9 Å². The Hall–Kier alpha value is -6.34. The molecule has 2 aromatic heterocycles. The molecular weight excluding hydrogens is 1050 g/mol. The highest BCUT2D eigenvalue weighted by atomic mass is 16.6. The van der Waals surface area contributed by atoms with Crippen molar-refractivity contribution in [3.8, 4) is 34.5 Å². The summed E-state index contributed by atoms with van der Waals surface area (Å²) in [6, 6.07) is 28.1. The highest BCUT2D eigenvalue weighted by molar-refractivity contribution is 5.44. The van der Waals surface area contributed by atoms with E-state index in [1.807, 2.05) is 94.8 Å². The third kappa shape index (κ3) is 24.0. The average Bonchev–Trinajstić information content (AvgIpc) is 4.16. The molecule has 4 heterocycles. The van der Waals surface area contributed by atoms with E-state index in [1.54, 1.807) is 0 Å². The van der Waals surface area contributed by atoms with Crippen LogP contribution < -0.4 is 33.7 Å². The molecule has 8 rings (SSSR count). The number of rotatable bonds is 14. The summed E-state index contributed by atoms with van der Waals surface area (Å²) in [6.07, 6.45) is 7.63. The molecule has 2 aliphatic heterocycles. The molecule has 0 fully saturated rings. The van der Waals surface area contributed by atoms with Crippen LogP contribution in [-0.2, 0) is 86.8 Å². The molecule has 440 valence electrons. The number of benzene rings is 4. The van der Waals surface area contributed by atoms with Gasteiger partial charge in [-0.05, 0) is 70.8 Å². The molecule has 21 nitrogen and oxygen atoms in total. The van der Waals surface area contributed by atoms with Crippen LogP contribution in [0.2, 0.25) is 0 Å². The monoisotopic (exact) mass is 1130 g/mol. The number of nitrogens with one attached hydrogen (secondary N) is 1. The van der Waals surface area contributed by atoms with Gasteiger partial charge in [-0.15, -0.1) is 0 Å². The zero-order chi connectivity index (χ0) is 55.5. The Morgan fingerprint density at radius 1 is 0.321 bits per heavy atom. The van der Waals surface area contributed by atoms with E-state index in [4.69, 9.17) is 75.8 Å². The van der Waals surface area contributed by atoms with Crippen molar-refractivity contribution in [2.75, 3.05) is 159 Å². The van der Waals surface area contributed by atoms with Crippen molar-refractivity contribution in [3.05, 3.63) is 143 Å². The number of hydrogen-bond acceptors (Lipinski definition) is 19. The molecule has 0 saturated carbocycles. The summed E-state index contributed by atoms with van der Waals surface area (Å²) in [5.41, 5.74) is 6.23. The van der Waals surface area contributed by atoms with E-state index in [0.29, 0.717) is 221 Å². The first kappa shape index (κ1) is 60.7. The van der Waals surface area contributed by atoms with Gasteiger partial charge in [0.2, 0.25) is 0 Å². The summed E-state index contributed by atoms with van der Waals surface area (Å²) in [7, 11) is 0. The van der Waals surface area contributed by atoms with E-state index in [1.165, 1.54) is 0 Å². The molecule has 81 heavy (non-hydrogen) atoms. The minimum absolute atomic E-state index is 0.360. The fraction of sp³-hybridized carbons (Fsp3) is 0.500. The van der Waals surface area contributed by atoms with E-state index >= 15 is 0 Å². The standard InChI is InChI=1S/C60H79N5O16/c1-7-55(80-47-53-41-62-64(45-53)43-51-5-11-57-59(37-51)78-35-31-74-27-23-70-19-15-66-13-17-68-21-25-72-29-33-76-57)8-2-49(1)39-61-40-50-3-9-56(10-4-50)81-48-54-42-63-65(46-54)44-52-6-12-58-60(38-52)79-36-32-75-28-24-71-20-16-67-14-18-69-22-26-73-30-34-77-58/h1-12,37-38,41-42,45-46,61H,13-36,39-40,43-44,47-48H2. The molecule has 2 aliphatic rings. The van der Waals surface area contributed by atoms with Gasteiger partial charge in [0.1, 0.15) is 51.1 Å². The van der Waals surface area contributed by atoms with Gasteiger partial charge in [-0.2, -0.15) is 10.2 Å². The van der Waals surface area contributed by atoms with Crippen LogP contribution in [0.5, 0.6) is 34.5 Å². The normalized spacial score (nSPS) is 17.2. The van der Waals surface area contributed by atoms with Gasteiger partial charge in [0.15, 0.2) is 23.0 Å². The Kier molecular flexibility index (Phi) is 27.7. The lowest BCUT2D eigenvalue weighted by Gasteiger charge is -2.15. The largest absolute Gasteiger partial charge is 0.489 e. The van der Waals surface area contributed by atoms with Crippen LogP contribution in [0.25, 0.3) is 0 Å². The van der Waals surface area contributed by atoms with Gasteiger partial charge in [0, 0.05) is 36.6 Å². The zero-order valence-corrected chi connectivity index (χ0v) is 46.4. The predicted molar refractivity (Wildman–Crippen MR) is 298 cm³/mol. The molecule has 0 unspecified atom stereocenters. The summed E-state index contributed by atoms with van der Waals surface area (Å²) in [5.74, 6) is 4.09. The van der Waals surface area contributed by atoms with Crippen LogP contribution >= 0.6 is 0 Å². The highest BCUT2D eigenvalue weighted by Gasteiger charge is 2.13. The first-order valence-corrected chi connectivity index (χ1v) is 27.9. The van der Waals surface area contributed by atoms with Gasteiger partial charge in [0.05, 0.1) is 158 Å². The van der Waals surface area contributed by atoms with Crippen LogP contribution in [0.15, 0.2) is 110 Å². The summed E-state index contributed by atoms with van der Waals surface area (Å²) in [6.45, 7) is 14.3. The van der Waals surface area contributed by atoms with Crippen molar-refractivity contribution >= 4 is 0 Å². The van der Waals surface area contributed by atoms with Crippen LogP contribution in [0.1, 0.15) is 33.4 Å². The summed E-state index contributed by atoms with van der Waals surface area (Å²) in [5, 5.41) is 12.7. The lowest BCUT2D eigenvalue weighted by atomic mass is 10.2. The molecule has 0 saturated heterocycles. The quantitative estimate of drug-likeness (QED) is 0.127. The van der Waals surface area contributed by atoms with Crippen LogP contribution in [0, 0.1) is 0 Å². The number of hydrogen-bond donors (Lipinski definition) is 1. The van der Waals surface area contributed by atoms with Crippen molar-refractivity contribution in [1.29, 1.82) is 0 Å². The average molecular weight is 1130 g/mol. The van der Waals surface area contributed by atoms with Gasteiger partial charge in [0.25, 0.3) is 0 Å². The number of ether oxygens (including phenoxy) is 16. The summed E-state index contributed by atoms with van der Waals surface area (Å²) in [4.78, 5) is 0. The second-order valence-electron chi connectivity index (χ2n) is 18.6. The first-order chi connectivity index (χ1) is 40.2. The molecule has 0 bridgehead atoms. The van der Waals surface area contributed by atoms with Gasteiger partial charge in [-0.25, -0.2) is 0 Å². The Morgan fingerprint density at radius 2 is 0.605 bits per heavy atom. The van der Waals surface area contributed by atoms with Crippen molar-refractivity contribution < 1.29 is 75.8 Å². The molecule has 0 atom stereocenters. The third-order valence-electron chi connectivity index (χ3n) is 12.3. The molecule has 0 spiro atoms. The number of aromatic nitrogens is 4. The van der Waals surface area contributed by atoms with E-state index in [-0.39, 0.29) is 0 Å². The molecule has 6 aromatic rings. The smallest absolute Gasteiger partial charge is 0.161 e. The fourth-order valence-corrected chi connectivity index (χ4v) is 8.17. The van der Waals surface area contributed by atoms with Gasteiger partial charge < -0.3 is 81.1 Å². The molecule has 1 N–H and O–H groups in total. The Morgan fingerprint density at radius 3 is 0.926 bits per heavy atom. The van der Waals surface area contributed by atoms with Crippen molar-refractivity contribution in [1.82, 2.24) is 24.9 Å². The Bertz CT molecular complexity index is 2440. The number of fused-ring (bicyclic) bond motifs is 2. The maximum atomic E-state index is 6.14. The van der Waals surface area contributed by atoms with Crippen molar-refractivity contribution in [2.45, 2.75) is 39.4 Å². The molecule has 21 heteroatoms. The molecule has 0 radical (unpaired) electrons. The van der Waals surface area contributed by atoms with Crippen LogP contribution in [-0.4, -0.2) is 178 Å². The molecular formula is C60H79N5O16. The van der Waals surface area contributed by atoms with E-state index < -0.39 is 0 Å². The summed E-state index contributed by atoms with van der Waals surface area (Å²) >= 11 is 0. The highest BCUT2D eigenvalue weighted by Crippen LogP contribution is 2.30. The maximum Gasteiger partial charge on any atom is 0.161 e. The minimum atomic E-state index is 0.360. The Balaban J connectivity index is 0.721. The maximum absolute atomic E-state index is 6.14. The fourth-order valence-electron chi connectivity index (χ4n) is 8.17. The topological polar surface area (TPSA) is 195 Å². The SMILES string of the molecule is c1cc(OCc2cnn(Cc3ccc4c(c3)OCCOCCOCCOCCOCCOCCO4)c2)ccc1CNCc1ccc(OCc2cnn(Cc3ccc4c(c3)OCCOCCOCCOCCOCCOCCO4)c2)cc1. The first-order valence-electron chi connectivity index (χ1n) is 27.9. The molecule has 4 aromatic carbocycles. The molecule has 0 aliphatic carbocycles. The second kappa shape index (κ2) is 36.9. The van der Waals surface area contributed by atoms with E-state index in [2.05, 4.69) is 39.8 Å². The van der Waals surface area contributed by atoms with Crippen molar-refractivity contribution in [2.24, 2.45) is 0 Å². The summed E-state index contributed by atoms with van der Waals surface area (Å²) < 4.78 is 96.4. The predicted octanol–water partition coefficient (Wildman–Crippen LogP) is 6.33. The van der Waals surface area contributed by atoms with Gasteiger partial charge in [-0.1, -0.05) is 36.4 Å². The zero-order valence-electron chi connectivity index (χ0n) is 46.4. The Labute approximate surface area is 474 Å². The van der Waals surface area contributed by atoms with Gasteiger partial charge >= 0.3 is 0 Å². The lowest BCUT2D eigenvalue weighted by molar-refractivity contribution is -0.0134. The second-order valence-corrected chi connectivity index (χ2v) is 18.6. The van der Waals surface area contributed by atoms with Crippen molar-refractivity contribution in [3.63, 3.8) is 0 Å². The van der Waals surface area contributed by atoms with Crippen LogP contribution in [0.4, 0.5) is 0 Å².